The first-order chi connectivity index (χ1) is 16.6. The third-order valence-electron chi connectivity index (χ3n) is 5.28. The van der Waals surface area contributed by atoms with Gasteiger partial charge in [-0.15, -0.1) is 11.3 Å². The van der Waals surface area contributed by atoms with Gasteiger partial charge in [0.25, 0.3) is 5.91 Å². The molecular weight excluding hydrogens is 456 g/mol. The van der Waals surface area contributed by atoms with Gasteiger partial charge in [-0.2, -0.15) is 5.10 Å². The summed E-state index contributed by atoms with van der Waals surface area (Å²) in [6, 6.07) is 9.34. The van der Waals surface area contributed by atoms with Crippen molar-refractivity contribution in [2.75, 3.05) is 21.0 Å². The Morgan fingerprint density at radius 1 is 1.26 bits per heavy atom. The van der Waals surface area contributed by atoms with Crippen molar-refractivity contribution in [3.8, 4) is 22.9 Å². The fourth-order valence-electron chi connectivity index (χ4n) is 3.89. The van der Waals surface area contributed by atoms with Gasteiger partial charge in [-0.05, 0) is 42.8 Å². The van der Waals surface area contributed by atoms with E-state index in [0.29, 0.717) is 34.3 Å². The van der Waals surface area contributed by atoms with Gasteiger partial charge in [0, 0.05) is 36.1 Å². The third kappa shape index (κ3) is 3.97. The number of nitrogens with zero attached hydrogens (tertiary/aromatic N) is 3. The molecule has 174 valence electrons. The van der Waals surface area contributed by atoms with E-state index in [0.717, 1.165) is 27.2 Å². The van der Waals surface area contributed by atoms with Gasteiger partial charge < -0.3 is 23.5 Å². The lowest BCUT2D eigenvalue weighted by Gasteiger charge is -2.09. The Bertz CT molecular complexity index is 1390. The van der Waals surface area contributed by atoms with Crippen molar-refractivity contribution < 1.29 is 23.7 Å². The van der Waals surface area contributed by atoms with E-state index < -0.39 is 0 Å². The minimum absolute atomic E-state index is 0.135. The molecule has 1 aromatic carbocycles. The number of thiophene rings is 1. The molecule has 1 N–H and O–H groups in total. The number of pyridine rings is 1. The van der Waals surface area contributed by atoms with Crippen molar-refractivity contribution in [1.29, 1.82) is 0 Å². The molecule has 1 aliphatic heterocycles. The molecule has 0 aliphatic carbocycles. The quantitative estimate of drug-likeness (QED) is 0.318. The molecule has 0 fully saturated rings. The van der Waals surface area contributed by atoms with Gasteiger partial charge >= 0.3 is 0 Å². The molecule has 9 nitrogen and oxygen atoms in total. The molecule has 4 heterocycles. The van der Waals surface area contributed by atoms with E-state index in [-0.39, 0.29) is 12.7 Å². The van der Waals surface area contributed by atoms with Gasteiger partial charge in [0.2, 0.25) is 12.5 Å². The molecule has 1 aliphatic rings. The topological polar surface area (TPSA) is 96.2 Å². The number of methoxy groups -OCH3 is 2. The molecule has 0 saturated carbocycles. The summed E-state index contributed by atoms with van der Waals surface area (Å²) in [5.41, 5.74) is 5.92. The van der Waals surface area contributed by atoms with Crippen LogP contribution < -0.4 is 19.6 Å². The van der Waals surface area contributed by atoms with Crippen LogP contribution in [0.25, 0.3) is 15.9 Å². The van der Waals surface area contributed by atoms with E-state index >= 15 is 0 Å². The Morgan fingerprint density at radius 2 is 2.09 bits per heavy atom. The fraction of sp³-hybridized carbons (Fsp3) is 0.208. The number of hydrogen-bond donors (Lipinski definition) is 1. The Labute approximate surface area is 199 Å². The largest absolute Gasteiger partial charge is 0.493 e. The van der Waals surface area contributed by atoms with E-state index in [1.807, 2.05) is 42.1 Å². The van der Waals surface area contributed by atoms with Crippen LogP contribution in [0.1, 0.15) is 26.5 Å². The van der Waals surface area contributed by atoms with Crippen molar-refractivity contribution in [3.05, 3.63) is 64.4 Å². The van der Waals surface area contributed by atoms with Gasteiger partial charge in [0.05, 0.1) is 25.6 Å². The number of hydrogen-bond acceptors (Lipinski definition) is 8. The molecule has 0 spiro atoms. The highest BCUT2D eigenvalue weighted by Crippen LogP contribution is 2.41. The number of carbonyl (C=O) groups is 1. The van der Waals surface area contributed by atoms with Crippen LogP contribution in [-0.4, -0.2) is 42.7 Å². The summed E-state index contributed by atoms with van der Waals surface area (Å²) in [5, 5.41) is 5.06. The van der Waals surface area contributed by atoms with Crippen LogP contribution in [0.2, 0.25) is 0 Å². The Kier molecular flexibility index (Phi) is 5.91. The van der Waals surface area contributed by atoms with Crippen molar-refractivity contribution in [1.82, 2.24) is 15.0 Å². The maximum atomic E-state index is 13.2. The summed E-state index contributed by atoms with van der Waals surface area (Å²) in [5.74, 6) is 1.32. The van der Waals surface area contributed by atoms with E-state index in [1.54, 1.807) is 26.4 Å². The lowest BCUT2D eigenvalue weighted by atomic mass is 10.1. The highest BCUT2D eigenvalue weighted by atomic mass is 32.1. The molecule has 3 aromatic heterocycles. The standard InChI is InChI=1S/C24H22N4O5S/c1-14-8-16(12-30-2)19-20(28-6-4-5-7-28)22(34-24(19)26-14)23(29)27-25-11-15-9-17(31-3)21-18(10-15)32-13-33-21/h4-11H,12-13H2,1-3H3,(H,27,29)/b25-11+. The number of amides is 1. The smallest absolute Gasteiger partial charge is 0.283 e. The molecule has 1 amide bonds. The van der Waals surface area contributed by atoms with Crippen LogP contribution in [0.15, 0.2) is 47.8 Å². The molecule has 5 rings (SSSR count). The minimum atomic E-state index is -0.336. The van der Waals surface area contributed by atoms with Crippen molar-refractivity contribution >= 4 is 33.7 Å². The zero-order chi connectivity index (χ0) is 23.7. The first kappa shape index (κ1) is 21.9. The summed E-state index contributed by atoms with van der Waals surface area (Å²) in [6.45, 7) is 2.48. The molecular formula is C24H22N4O5S. The predicted molar refractivity (Wildman–Crippen MR) is 129 cm³/mol. The molecule has 34 heavy (non-hydrogen) atoms. The Hall–Kier alpha value is -3.89. The molecule has 0 atom stereocenters. The lowest BCUT2D eigenvalue weighted by molar-refractivity contribution is 0.0959. The monoisotopic (exact) mass is 478 g/mol. The maximum absolute atomic E-state index is 13.2. The molecule has 0 bridgehead atoms. The minimum Gasteiger partial charge on any atom is -0.493 e. The number of carbonyl (C=O) groups excluding carboxylic acids is 1. The number of hydrazone groups is 1. The maximum Gasteiger partial charge on any atom is 0.283 e. The highest BCUT2D eigenvalue weighted by molar-refractivity contribution is 7.21. The van der Waals surface area contributed by atoms with Crippen LogP contribution >= 0.6 is 11.3 Å². The second-order valence-corrected chi connectivity index (χ2v) is 8.56. The second-order valence-electron chi connectivity index (χ2n) is 7.56. The molecule has 4 aromatic rings. The van der Waals surface area contributed by atoms with Crippen LogP contribution in [0.3, 0.4) is 0 Å². The average molecular weight is 479 g/mol. The summed E-state index contributed by atoms with van der Waals surface area (Å²) in [6.07, 6.45) is 5.33. The first-order valence-electron chi connectivity index (χ1n) is 10.5. The van der Waals surface area contributed by atoms with Crippen LogP contribution in [0.5, 0.6) is 17.2 Å². The predicted octanol–water partition coefficient (Wildman–Crippen LogP) is 4.04. The zero-order valence-corrected chi connectivity index (χ0v) is 19.6. The Balaban J connectivity index is 1.49. The lowest BCUT2D eigenvalue weighted by Crippen LogP contribution is -2.18. The third-order valence-corrected chi connectivity index (χ3v) is 6.35. The number of aryl methyl sites for hydroxylation is 1. The SMILES string of the molecule is COCc1cc(C)nc2sc(C(=O)N/N=C/c3cc(OC)c4c(c3)OCO4)c(-n3cccc3)c12. The van der Waals surface area contributed by atoms with E-state index in [9.17, 15) is 4.79 Å². The zero-order valence-electron chi connectivity index (χ0n) is 18.8. The van der Waals surface area contributed by atoms with E-state index in [2.05, 4.69) is 15.5 Å². The molecule has 0 radical (unpaired) electrons. The summed E-state index contributed by atoms with van der Waals surface area (Å²) in [4.78, 5) is 19.2. The van der Waals surface area contributed by atoms with Crippen LogP contribution in [0, 0.1) is 6.92 Å². The normalized spacial score (nSPS) is 12.6. The number of aromatic nitrogens is 2. The first-order valence-corrected chi connectivity index (χ1v) is 11.3. The van der Waals surface area contributed by atoms with E-state index in [4.69, 9.17) is 18.9 Å². The number of rotatable bonds is 7. The fourth-order valence-corrected chi connectivity index (χ4v) is 5.04. The second kappa shape index (κ2) is 9.16. The number of fused-ring (bicyclic) bond motifs is 2. The van der Waals surface area contributed by atoms with Gasteiger partial charge in [-0.1, -0.05) is 0 Å². The van der Waals surface area contributed by atoms with Gasteiger partial charge in [0.15, 0.2) is 11.5 Å². The summed E-state index contributed by atoms with van der Waals surface area (Å²) in [7, 11) is 3.20. The Morgan fingerprint density at radius 3 is 2.85 bits per heavy atom. The average Bonchev–Trinajstić information content (AvgIpc) is 3.57. The number of ether oxygens (including phenoxy) is 4. The van der Waals surface area contributed by atoms with Gasteiger partial charge in [-0.3, -0.25) is 4.79 Å². The summed E-state index contributed by atoms with van der Waals surface area (Å²) < 4.78 is 23.5. The van der Waals surface area contributed by atoms with Crippen LogP contribution in [0.4, 0.5) is 0 Å². The number of nitrogens with one attached hydrogen (secondary N) is 1. The highest BCUT2D eigenvalue weighted by Gasteiger charge is 2.23. The molecule has 10 heteroatoms. The molecule has 0 saturated heterocycles. The van der Waals surface area contributed by atoms with Crippen molar-refractivity contribution in [3.63, 3.8) is 0 Å². The van der Waals surface area contributed by atoms with Crippen molar-refractivity contribution in [2.24, 2.45) is 5.10 Å². The molecule has 0 unspecified atom stereocenters. The van der Waals surface area contributed by atoms with E-state index in [1.165, 1.54) is 17.6 Å². The van der Waals surface area contributed by atoms with Crippen LogP contribution in [-0.2, 0) is 11.3 Å². The number of benzene rings is 1. The summed E-state index contributed by atoms with van der Waals surface area (Å²) >= 11 is 1.32. The van der Waals surface area contributed by atoms with Gasteiger partial charge in [-0.25, -0.2) is 10.4 Å². The van der Waals surface area contributed by atoms with Gasteiger partial charge in [0.1, 0.15) is 9.71 Å². The van der Waals surface area contributed by atoms with Crippen molar-refractivity contribution in [2.45, 2.75) is 13.5 Å².